The molecular formula is C12H20N2O2. The zero-order valence-electron chi connectivity index (χ0n) is 10.4. The summed E-state index contributed by atoms with van der Waals surface area (Å²) < 4.78 is 6.91. The summed E-state index contributed by atoms with van der Waals surface area (Å²) in [5.41, 5.74) is 0.747. The molecule has 16 heavy (non-hydrogen) atoms. The van der Waals surface area contributed by atoms with Gasteiger partial charge in [-0.2, -0.15) is 0 Å². The summed E-state index contributed by atoms with van der Waals surface area (Å²) in [6, 6.07) is 3.97. The zero-order chi connectivity index (χ0) is 12.1. The quantitative estimate of drug-likeness (QED) is 0.680. The first-order valence-electron chi connectivity index (χ1n) is 5.40. The molecule has 1 heterocycles. The Kier molecular flexibility index (Phi) is 4.71. The maximum Gasteiger partial charge on any atom is 0.193 e. The maximum absolute atomic E-state index is 11.9. The van der Waals surface area contributed by atoms with Crippen LogP contribution in [0.25, 0.3) is 0 Å². The highest BCUT2D eigenvalue weighted by Crippen LogP contribution is 2.04. The number of nitrogens with zero attached hydrogens (tertiary/aromatic N) is 2. The molecule has 4 nitrogen and oxygen atoms in total. The number of methoxy groups -OCH3 is 1. The predicted molar refractivity (Wildman–Crippen MR) is 63.7 cm³/mol. The number of hydrogen-bond donors (Lipinski definition) is 0. The smallest absolute Gasteiger partial charge is 0.193 e. The monoisotopic (exact) mass is 224 g/mol. The van der Waals surface area contributed by atoms with E-state index in [1.165, 1.54) is 0 Å². The van der Waals surface area contributed by atoms with Crippen LogP contribution in [0, 0.1) is 0 Å². The minimum atomic E-state index is 0.137. The largest absolute Gasteiger partial charge is 0.383 e. The van der Waals surface area contributed by atoms with Gasteiger partial charge in [0.05, 0.1) is 18.8 Å². The molecule has 0 bridgehead atoms. The molecule has 0 N–H and O–H groups in total. The minimum absolute atomic E-state index is 0.137. The number of ketones is 1. The molecule has 1 aromatic heterocycles. The molecule has 1 rings (SSSR count). The van der Waals surface area contributed by atoms with Crippen LogP contribution in [-0.2, 0) is 11.8 Å². The van der Waals surface area contributed by atoms with Crippen molar-refractivity contribution in [2.75, 3.05) is 27.3 Å². The van der Waals surface area contributed by atoms with Crippen molar-refractivity contribution in [3.8, 4) is 0 Å². The van der Waals surface area contributed by atoms with Crippen LogP contribution < -0.4 is 0 Å². The number of carbonyl (C=O) groups excluding carboxylic acids is 1. The Morgan fingerprint density at radius 1 is 1.62 bits per heavy atom. The zero-order valence-corrected chi connectivity index (χ0v) is 10.4. The average molecular weight is 224 g/mol. The lowest BCUT2D eigenvalue weighted by Crippen LogP contribution is -2.37. The molecule has 1 atom stereocenters. The first-order chi connectivity index (χ1) is 7.56. The van der Waals surface area contributed by atoms with Gasteiger partial charge in [0.15, 0.2) is 5.78 Å². The lowest BCUT2D eigenvalue weighted by molar-refractivity contribution is 0.0834. The second-order valence-electron chi connectivity index (χ2n) is 4.15. The van der Waals surface area contributed by atoms with Crippen LogP contribution in [0.4, 0.5) is 0 Å². The third-order valence-corrected chi connectivity index (χ3v) is 2.78. The van der Waals surface area contributed by atoms with Crippen molar-refractivity contribution in [1.29, 1.82) is 0 Å². The standard InChI is InChI=1S/C12H20N2O2/c1-10(9-16-4)14(3)8-12(15)11-6-5-7-13(11)2/h5-7,10H,8-9H2,1-4H3. The fourth-order valence-electron chi connectivity index (χ4n) is 1.58. The van der Waals surface area contributed by atoms with E-state index in [1.807, 2.05) is 48.8 Å². The number of aryl methyl sites for hydroxylation is 1. The number of ether oxygens (including phenoxy) is 1. The first-order valence-corrected chi connectivity index (χ1v) is 5.40. The Morgan fingerprint density at radius 3 is 2.81 bits per heavy atom. The van der Waals surface area contributed by atoms with Crippen LogP contribution in [0.5, 0.6) is 0 Å². The second kappa shape index (κ2) is 5.82. The van der Waals surface area contributed by atoms with Crippen molar-refractivity contribution in [3.05, 3.63) is 24.0 Å². The fourth-order valence-corrected chi connectivity index (χ4v) is 1.58. The molecule has 4 heteroatoms. The topological polar surface area (TPSA) is 34.5 Å². The number of aromatic nitrogens is 1. The Hall–Kier alpha value is -1.13. The van der Waals surface area contributed by atoms with Gasteiger partial charge in [-0.15, -0.1) is 0 Å². The molecule has 0 fully saturated rings. The van der Waals surface area contributed by atoms with E-state index < -0.39 is 0 Å². The van der Waals surface area contributed by atoms with Gasteiger partial charge in [0.25, 0.3) is 0 Å². The van der Waals surface area contributed by atoms with E-state index in [1.54, 1.807) is 7.11 Å². The number of rotatable bonds is 6. The van der Waals surface area contributed by atoms with Crippen molar-refractivity contribution < 1.29 is 9.53 Å². The van der Waals surface area contributed by atoms with Crippen LogP contribution in [0.2, 0.25) is 0 Å². The minimum Gasteiger partial charge on any atom is -0.383 e. The van der Waals surface area contributed by atoms with Crippen LogP contribution >= 0.6 is 0 Å². The van der Waals surface area contributed by atoms with E-state index in [-0.39, 0.29) is 11.8 Å². The van der Waals surface area contributed by atoms with Gasteiger partial charge < -0.3 is 9.30 Å². The van der Waals surface area contributed by atoms with Crippen LogP contribution in [-0.4, -0.2) is 48.6 Å². The van der Waals surface area contributed by atoms with Gasteiger partial charge >= 0.3 is 0 Å². The molecule has 1 aromatic rings. The fraction of sp³-hybridized carbons (Fsp3) is 0.583. The summed E-state index contributed by atoms with van der Waals surface area (Å²) in [6.07, 6.45) is 1.88. The van der Waals surface area contributed by atoms with Crippen molar-refractivity contribution in [3.63, 3.8) is 0 Å². The molecule has 0 aliphatic heterocycles. The maximum atomic E-state index is 11.9. The highest BCUT2D eigenvalue weighted by molar-refractivity contribution is 5.96. The lowest BCUT2D eigenvalue weighted by Gasteiger charge is -2.23. The summed E-state index contributed by atoms with van der Waals surface area (Å²) in [5, 5.41) is 0. The normalized spacial score (nSPS) is 13.1. The van der Waals surface area contributed by atoms with Gasteiger partial charge in [0.2, 0.25) is 0 Å². The van der Waals surface area contributed by atoms with E-state index >= 15 is 0 Å². The van der Waals surface area contributed by atoms with Crippen LogP contribution in [0.3, 0.4) is 0 Å². The number of Topliss-reactive ketones (excluding diaryl/α,β-unsaturated/α-hetero) is 1. The van der Waals surface area contributed by atoms with Crippen molar-refractivity contribution >= 4 is 5.78 Å². The Balaban J connectivity index is 2.55. The molecule has 0 amide bonds. The predicted octanol–water partition coefficient (Wildman–Crippen LogP) is 1.17. The summed E-state index contributed by atoms with van der Waals surface area (Å²) in [4.78, 5) is 13.9. The van der Waals surface area contributed by atoms with E-state index in [0.717, 1.165) is 5.69 Å². The molecule has 0 aromatic carbocycles. The lowest BCUT2D eigenvalue weighted by atomic mass is 10.2. The van der Waals surface area contributed by atoms with Crippen molar-refractivity contribution in [2.24, 2.45) is 7.05 Å². The third kappa shape index (κ3) is 3.18. The Labute approximate surface area is 96.8 Å². The van der Waals surface area contributed by atoms with Crippen molar-refractivity contribution in [1.82, 2.24) is 9.47 Å². The van der Waals surface area contributed by atoms with Crippen LogP contribution in [0.1, 0.15) is 17.4 Å². The second-order valence-corrected chi connectivity index (χ2v) is 4.15. The Bertz CT molecular complexity index is 347. The highest BCUT2D eigenvalue weighted by Gasteiger charge is 2.15. The van der Waals surface area contributed by atoms with Gasteiger partial charge in [-0.1, -0.05) is 0 Å². The summed E-state index contributed by atoms with van der Waals surface area (Å²) >= 11 is 0. The molecule has 0 saturated carbocycles. The van der Waals surface area contributed by atoms with E-state index in [2.05, 4.69) is 0 Å². The summed E-state index contributed by atoms with van der Waals surface area (Å²) in [5.74, 6) is 0.137. The average Bonchev–Trinajstić information content (AvgIpc) is 2.64. The van der Waals surface area contributed by atoms with Crippen LogP contribution in [0.15, 0.2) is 18.3 Å². The molecule has 0 aliphatic rings. The Morgan fingerprint density at radius 2 is 2.31 bits per heavy atom. The molecule has 90 valence electrons. The first kappa shape index (κ1) is 12.9. The summed E-state index contributed by atoms with van der Waals surface area (Å²) in [7, 11) is 5.49. The molecule has 0 saturated heterocycles. The molecule has 0 radical (unpaired) electrons. The highest BCUT2D eigenvalue weighted by atomic mass is 16.5. The summed E-state index contributed by atoms with van der Waals surface area (Å²) in [6.45, 7) is 3.10. The van der Waals surface area contributed by atoms with Gasteiger partial charge in [-0.25, -0.2) is 0 Å². The van der Waals surface area contributed by atoms with E-state index in [9.17, 15) is 4.79 Å². The van der Waals surface area contributed by atoms with Gasteiger partial charge in [0.1, 0.15) is 0 Å². The van der Waals surface area contributed by atoms with E-state index in [0.29, 0.717) is 13.2 Å². The number of carbonyl (C=O) groups is 1. The molecule has 1 unspecified atom stereocenters. The van der Waals surface area contributed by atoms with Gasteiger partial charge in [0, 0.05) is 26.4 Å². The molecular weight excluding hydrogens is 204 g/mol. The van der Waals surface area contributed by atoms with Gasteiger partial charge in [-0.3, -0.25) is 9.69 Å². The molecule has 0 aliphatic carbocycles. The van der Waals surface area contributed by atoms with E-state index in [4.69, 9.17) is 4.74 Å². The SMILES string of the molecule is COCC(C)N(C)CC(=O)c1cccn1C. The van der Waals surface area contributed by atoms with Gasteiger partial charge in [-0.05, 0) is 26.1 Å². The van der Waals surface area contributed by atoms with Crippen molar-refractivity contribution in [2.45, 2.75) is 13.0 Å². The molecule has 0 spiro atoms. The number of hydrogen-bond acceptors (Lipinski definition) is 3. The number of likely N-dealkylation sites (N-methyl/N-ethyl adjacent to an activating group) is 1. The third-order valence-electron chi connectivity index (χ3n) is 2.78.